The Morgan fingerprint density at radius 2 is 1.80 bits per heavy atom. The molecule has 0 aliphatic carbocycles. The summed E-state index contributed by atoms with van der Waals surface area (Å²) in [5.74, 6) is -0.0170. The summed E-state index contributed by atoms with van der Waals surface area (Å²) in [6.45, 7) is 2.97. The molecule has 2 atom stereocenters. The average Bonchev–Trinajstić information content (AvgIpc) is 2.54. The molecule has 2 heteroatoms. The SMILES string of the molecule is C[C@@H](C=O)C1c2ccccc2CCN1c1ccccc1. The first-order valence-electron chi connectivity index (χ1n) is 7.16. The molecule has 1 unspecified atom stereocenters. The zero-order valence-corrected chi connectivity index (χ0v) is 11.7. The van der Waals surface area contributed by atoms with E-state index in [4.69, 9.17) is 0 Å². The molecule has 102 valence electrons. The second-order valence-corrected chi connectivity index (χ2v) is 5.42. The Hall–Kier alpha value is -2.09. The fraction of sp³-hybridized carbons (Fsp3) is 0.278. The Morgan fingerprint density at radius 1 is 1.10 bits per heavy atom. The molecule has 0 fully saturated rings. The smallest absolute Gasteiger partial charge is 0.125 e. The lowest BCUT2D eigenvalue weighted by atomic mass is 9.85. The number of hydrogen-bond acceptors (Lipinski definition) is 2. The summed E-state index contributed by atoms with van der Waals surface area (Å²) in [5, 5.41) is 0. The minimum absolute atomic E-state index is 0.0170. The molecule has 1 aliphatic rings. The quantitative estimate of drug-likeness (QED) is 0.790. The van der Waals surface area contributed by atoms with Gasteiger partial charge >= 0.3 is 0 Å². The number of aldehydes is 1. The van der Waals surface area contributed by atoms with Crippen molar-refractivity contribution >= 4 is 12.0 Å². The monoisotopic (exact) mass is 265 g/mol. The number of carbonyl (C=O) groups excluding carboxylic acids is 1. The maximum absolute atomic E-state index is 11.4. The van der Waals surface area contributed by atoms with Gasteiger partial charge in [0.05, 0.1) is 6.04 Å². The molecule has 0 bridgehead atoms. The van der Waals surface area contributed by atoms with Crippen molar-refractivity contribution in [3.8, 4) is 0 Å². The molecule has 0 aromatic heterocycles. The largest absolute Gasteiger partial charge is 0.363 e. The number of carbonyl (C=O) groups is 1. The third-order valence-electron chi connectivity index (χ3n) is 4.13. The highest BCUT2D eigenvalue weighted by molar-refractivity contribution is 5.61. The lowest BCUT2D eigenvalue weighted by molar-refractivity contribution is -0.111. The highest BCUT2D eigenvalue weighted by Gasteiger charge is 2.31. The lowest BCUT2D eigenvalue weighted by Crippen LogP contribution is -2.39. The Kier molecular flexibility index (Phi) is 3.55. The van der Waals surface area contributed by atoms with E-state index in [-0.39, 0.29) is 12.0 Å². The van der Waals surface area contributed by atoms with Gasteiger partial charge in [0.25, 0.3) is 0 Å². The summed E-state index contributed by atoms with van der Waals surface area (Å²) in [5.41, 5.74) is 3.86. The van der Waals surface area contributed by atoms with Gasteiger partial charge in [-0.05, 0) is 29.7 Å². The maximum Gasteiger partial charge on any atom is 0.125 e. The van der Waals surface area contributed by atoms with Crippen molar-refractivity contribution in [2.45, 2.75) is 19.4 Å². The standard InChI is InChI=1S/C18H19NO/c1-14(13-20)18-17-10-6-5-7-15(17)11-12-19(18)16-8-3-2-4-9-16/h2-10,13-14,18H,11-12H2,1H3/t14-,18?/m0/s1. The predicted octanol–water partition coefficient (Wildman–Crippen LogP) is 3.63. The molecule has 20 heavy (non-hydrogen) atoms. The summed E-state index contributed by atoms with van der Waals surface area (Å²) < 4.78 is 0. The van der Waals surface area contributed by atoms with Crippen molar-refractivity contribution in [1.82, 2.24) is 0 Å². The Bertz CT molecular complexity index is 593. The fourth-order valence-corrected chi connectivity index (χ4v) is 3.15. The molecule has 3 rings (SSSR count). The van der Waals surface area contributed by atoms with Gasteiger partial charge in [-0.3, -0.25) is 0 Å². The number of hydrogen-bond donors (Lipinski definition) is 0. The fourth-order valence-electron chi connectivity index (χ4n) is 3.15. The van der Waals surface area contributed by atoms with Crippen LogP contribution in [0.5, 0.6) is 0 Å². The van der Waals surface area contributed by atoms with Crippen molar-refractivity contribution in [3.05, 3.63) is 65.7 Å². The van der Waals surface area contributed by atoms with Crippen LogP contribution in [0.15, 0.2) is 54.6 Å². The van der Waals surface area contributed by atoms with Gasteiger partial charge in [-0.1, -0.05) is 49.4 Å². The second kappa shape index (κ2) is 5.49. The van der Waals surface area contributed by atoms with E-state index < -0.39 is 0 Å². The summed E-state index contributed by atoms with van der Waals surface area (Å²) in [7, 11) is 0. The molecule has 0 radical (unpaired) electrons. The molecule has 0 saturated carbocycles. The van der Waals surface area contributed by atoms with Crippen molar-refractivity contribution in [2.75, 3.05) is 11.4 Å². The molecule has 2 nitrogen and oxygen atoms in total. The molecule has 2 aromatic carbocycles. The van der Waals surface area contributed by atoms with Gasteiger partial charge < -0.3 is 9.69 Å². The van der Waals surface area contributed by atoms with Gasteiger partial charge in [0.1, 0.15) is 6.29 Å². The van der Waals surface area contributed by atoms with Crippen molar-refractivity contribution in [3.63, 3.8) is 0 Å². The van der Waals surface area contributed by atoms with Crippen LogP contribution in [0.1, 0.15) is 24.1 Å². The van der Waals surface area contributed by atoms with E-state index in [0.29, 0.717) is 0 Å². The zero-order chi connectivity index (χ0) is 13.9. The summed E-state index contributed by atoms with van der Waals surface area (Å²) >= 11 is 0. The maximum atomic E-state index is 11.4. The molecule has 2 aromatic rings. The number of nitrogens with zero attached hydrogens (tertiary/aromatic N) is 1. The van der Waals surface area contributed by atoms with Gasteiger partial charge in [-0.15, -0.1) is 0 Å². The van der Waals surface area contributed by atoms with E-state index in [2.05, 4.69) is 53.4 Å². The second-order valence-electron chi connectivity index (χ2n) is 5.42. The van der Waals surface area contributed by atoms with Crippen LogP contribution < -0.4 is 4.90 Å². The highest BCUT2D eigenvalue weighted by Crippen LogP contribution is 2.37. The third-order valence-corrected chi connectivity index (χ3v) is 4.13. The van der Waals surface area contributed by atoms with E-state index >= 15 is 0 Å². The van der Waals surface area contributed by atoms with E-state index in [9.17, 15) is 4.79 Å². The Labute approximate surface area is 120 Å². The summed E-state index contributed by atoms with van der Waals surface area (Å²) in [6.07, 6.45) is 2.11. The van der Waals surface area contributed by atoms with Crippen molar-refractivity contribution in [2.24, 2.45) is 5.92 Å². The number of fused-ring (bicyclic) bond motifs is 1. The minimum Gasteiger partial charge on any atom is -0.363 e. The average molecular weight is 265 g/mol. The number of rotatable bonds is 3. The number of anilines is 1. The molecular formula is C18H19NO. The van der Waals surface area contributed by atoms with E-state index in [1.54, 1.807) is 0 Å². The molecule has 1 heterocycles. The van der Waals surface area contributed by atoms with Gasteiger partial charge in [0.15, 0.2) is 0 Å². The van der Waals surface area contributed by atoms with E-state index in [0.717, 1.165) is 19.3 Å². The third kappa shape index (κ3) is 2.22. The van der Waals surface area contributed by atoms with Crippen LogP contribution in [0.2, 0.25) is 0 Å². The van der Waals surface area contributed by atoms with Gasteiger partial charge in [-0.25, -0.2) is 0 Å². The summed E-state index contributed by atoms with van der Waals surface area (Å²) in [6, 6.07) is 19.0. The minimum atomic E-state index is -0.0170. The Morgan fingerprint density at radius 3 is 2.55 bits per heavy atom. The van der Waals surface area contributed by atoms with Crippen molar-refractivity contribution in [1.29, 1.82) is 0 Å². The molecule has 0 N–H and O–H groups in total. The zero-order valence-electron chi connectivity index (χ0n) is 11.7. The summed E-state index contributed by atoms with van der Waals surface area (Å²) in [4.78, 5) is 13.7. The van der Waals surface area contributed by atoms with Crippen LogP contribution in [-0.4, -0.2) is 12.8 Å². The normalized spacial score (nSPS) is 19.2. The topological polar surface area (TPSA) is 20.3 Å². The first-order chi connectivity index (χ1) is 9.81. The molecular weight excluding hydrogens is 246 g/mol. The highest BCUT2D eigenvalue weighted by atomic mass is 16.1. The first kappa shape index (κ1) is 12.9. The predicted molar refractivity (Wildman–Crippen MR) is 81.9 cm³/mol. The number of benzene rings is 2. The van der Waals surface area contributed by atoms with Gasteiger partial charge in [0.2, 0.25) is 0 Å². The lowest BCUT2D eigenvalue weighted by Gasteiger charge is -2.40. The molecule has 0 amide bonds. The molecule has 0 spiro atoms. The van der Waals surface area contributed by atoms with Crippen LogP contribution in [0.4, 0.5) is 5.69 Å². The van der Waals surface area contributed by atoms with Crippen LogP contribution in [0, 0.1) is 5.92 Å². The first-order valence-corrected chi connectivity index (χ1v) is 7.16. The number of para-hydroxylation sites is 1. The molecule has 0 saturated heterocycles. The van der Waals surface area contributed by atoms with Crippen LogP contribution in [0.3, 0.4) is 0 Å². The van der Waals surface area contributed by atoms with Crippen LogP contribution in [-0.2, 0) is 11.2 Å². The molecule has 1 aliphatic heterocycles. The Balaban J connectivity index is 2.06. The van der Waals surface area contributed by atoms with Crippen LogP contribution in [0.25, 0.3) is 0 Å². The van der Waals surface area contributed by atoms with E-state index in [1.807, 2.05) is 13.0 Å². The van der Waals surface area contributed by atoms with Crippen molar-refractivity contribution < 1.29 is 4.79 Å². The van der Waals surface area contributed by atoms with Crippen LogP contribution >= 0.6 is 0 Å². The van der Waals surface area contributed by atoms with Gasteiger partial charge in [0, 0.05) is 18.2 Å². The van der Waals surface area contributed by atoms with E-state index in [1.165, 1.54) is 16.8 Å². The van der Waals surface area contributed by atoms with Gasteiger partial charge in [-0.2, -0.15) is 0 Å².